The van der Waals surface area contributed by atoms with E-state index in [1.165, 1.54) is 48.3 Å². The van der Waals surface area contributed by atoms with Crippen molar-refractivity contribution < 1.29 is 0 Å². The van der Waals surface area contributed by atoms with Crippen molar-refractivity contribution in [3.05, 3.63) is 83.2 Å². The number of hydrogen-bond donors (Lipinski definition) is 1. The number of benzene rings is 1. The maximum absolute atomic E-state index is 4.38. The van der Waals surface area contributed by atoms with E-state index >= 15 is 0 Å². The first-order chi connectivity index (χ1) is 14.7. The van der Waals surface area contributed by atoms with E-state index in [2.05, 4.69) is 62.0 Å². The molecule has 3 aromatic rings. The van der Waals surface area contributed by atoms with Crippen LogP contribution in [-0.2, 0) is 19.6 Å². The lowest BCUT2D eigenvalue weighted by Crippen LogP contribution is -2.38. The lowest BCUT2D eigenvalue weighted by molar-refractivity contribution is 0.131. The van der Waals surface area contributed by atoms with Crippen molar-refractivity contribution in [3.8, 4) is 0 Å². The zero-order valence-corrected chi connectivity index (χ0v) is 18.2. The number of imidazole rings is 1. The van der Waals surface area contributed by atoms with Crippen molar-refractivity contribution in [1.82, 2.24) is 24.8 Å². The SMILES string of the molecule is Cc1ncc(CN(Cc2cccnc2)CC2CCN(Cc3ccccc3C)CC2)[nH]1. The molecule has 0 aliphatic carbocycles. The highest BCUT2D eigenvalue weighted by Gasteiger charge is 2.22. The quantitative estimate of drug-likeness (QED) is 0.608. The number of likely N-dealkylation sites (tertiary alicyclic amines) is 1. The summed E-state index contributed by atoms with van der Waals surface area (Å²) in [5, 5.41) is 0. The molecule has 0 atom stereocenters. The van der Waals surface area contributed by atoms with E-state index in [0.29, 0.717) is 0 Å². The number of H-pyrrole nitrogens is 1. The molecule has 0 spiro atoms. The number of hydrogen-bond acceptors (Lipinski definition) is 4. The summed E-state index contributed by atoms with van der Waals surface area (Å²) >= 11 is 0. The first-order valence-electron chi connectivity index (χ1n) is 11.0. The summed E-state index contributed by atoms with van der Waals surface area (Å²) in [4.78, 5) is 17.2. The summed E-state index contributed by atoms with van der Waals surface area (Å²) in [6, 6.07) is 13.0. The third kappa shape index (κ3) is 5.77. The van der Waals surface area contributed by atoms with Gasteiger partial charge in [0.1, 0.15) is 5.82 Å². The molecule has 1 aliphatic heterocycles. The van der Waals surface area contributed by atoms with Crippen molar-refractivity contribution in [2.75, 3.05) is 19.6 Å². The molecule has 3 heterocycles. The minimum absolute atomic E-state index is 0.735. The number of nitrogens with zero attached hydrogens (tertiary/aromatic N) is 4. The summed E-state index contributed by atoms with van der Waals surface area (Å²) in [6.07, 6.45) is 8.32. The first kappa shape index (κ1) is 20.8. The lowest BCUT2D eigenvalue weighted by Gasteiger charge is -2.35. The van der Waals surface area contributed by atoms with E-state index in [1.54, 1.807) is 0 Å². The van der Waals surface area contributed by atoms with Gasteiger partial charge in [0.25, 0.3) is 0 Å². The highest BCUT2D eigenvalue weighted by Crippen LogP contribution is 2.22. The molecule has 2 aromatic heterocycles. The fraction of sp³-hybridized carbons (Fsp3) is 0.440. The van der Waals surface area contributed by atoms with Gasteiger partial charge in [-0.05, 0) is 68.5 Å². The summed E-state index contributed by atoms with van der Waals surface area (Å²) in [5.41, 5.74) is 5.32. The van der Waals surface area contributed by atoms with Crippen molar-refractivity contribution in [1.29, 1.82) is 0 Å². The molecule has 1 saturated heterocycles. The van der Waals surface area contributed by atoms with Crippen LogP contribution in [0, 0.1) is 19.8 Å². The van der Waals surface area contributed by atoms with E-state index in [9.17, 15) is 0 Å². The molecule has 0 amide bonds. The van der Waals surface area contributed by atoms with Crippen LogP contribution in [0.1, 0.15) is 41.1 Å². The smallest absolute Gasteiger partial charge is 0.103 e. The van der Waals surface area contributed by atoms with Crippen LogP contribution in [-0.4, -0.2) is 44.4 Å². The Bertz CT molecular complexity index is 912. The summed E-state index contributed by atoms with van der Waals surface area (Å²) in [5.74, 6) is 1.72. The van der Waals surface area contributed by atoms with Crippen molar-refractivity contribution in [2.24, 2.45) is 5.92 Å². The lowest BCUT2D eigenvalue weighted by atomic mass is 9.95. The Morgan fingerprint density at radius 3 is 2.57 bits per heavy atom. The van der Waals surface area contributed by atoms with Crippen LogP contribution in [0.5, 0.6) is 0 Å². The Kier molecular flexibility index (Phi) is 6.92. The van der Waals surface area contributed by atoms with Crippen molar-refractivity contribution >= 4 is 0 Å². The maximum Gasteiger partial charge on any atom is 0.103 e. The van der Waals surface area contributed by atoms with Gasteiger partial charge in [0.05, 0.1) is 0 Å². The third-order valence-electron chi connectivity index (χ3n) is 6.16. The van der Waals surface area contributed by atoms with Gasteiger partial charge in [0.2, 0.25) is 0 Å². The van der Waals surface area contributed by atoms with E-state index in [0.717, 1.165) is 37.9 Å². The van der Waals surface area contributed by atoms with E-state index in [-0.39, 0.29) is 0 Å². The summed E-state index contributed by atoms with van der Waals surface area (Å²) in [7, 11) is 0. The largest absolute Gasteiger partial charge is 0.345 e. The van der Waals surface area contributed by atoms with Crippen LogP contribution in [0.2, 0.25) is 0 Å². The molecule has 1 fully saturated rings. The predicted octanol–water partition coefficient (Wildman–Crippen LogP) is 4.34. The van der Waals surface area contributed by atoms with Gasteiger partial charge in [-0.2, -0.15) is 0 Å². The molecule has 1 aromatic carbocycles. The van der Waals surface area contributed by atoms with Crippen LogP contribution in [0.3, 0.4) is 0 Å². The van der Waals surface area contributed by atoms with Gasteiger partial charge < -0.3 is 4.98 Å². The molecule has 0 unspecified atom stereocenters. The Morgan fingerprint density at radius 1 is 1.03 bits per heavy atom. The number of piperidine rings is 1. The van der Waals surface area contributed by atoms with Gasteiger partial charge in [0, 0.05) is 50.5 Å². The van der Waals surface area contributed by atoms with Crippen LogP contribution in [0.4, 0.5) is 0 Å². The normalized spacial score (nSPS) is 15.7. The topological polar surface area (TPSA) is 48.1 Å². The minimum Gasteiger partial charge on any atom is -0.345 e. The van der Waals surface area contributed by atoms with Gasteiger partial charge in [0.15, 0.2) is 0 Å². The Labute approximate surface area is 180 Å². The zero-order chi connectivity index (χ0) is 20.8. The molecule has 5 heteroatoms. The number of aryl methyl sites for hydroxylation is 2. The number of pyridine rings is 1. The van der Waals surface area contributed by atoms with E-state index < -0.39 is 0 Å². The molecule has 0 bridgehead atoms. The van der Waals surface area contributed by atoms with Crippen molar-refractivity contribution in [3.63, 3.8) is 0 Å². The van der Waals surface area contributed by atoms with Gasteiger partial charge in [-0.3, -0.25) is 14.8 Å². The Morgan fingerprint density at radius 2 is 1.87 bits per heavy atom. The summed E-state index contributed by atoms with van der Waals surface area (Å²) in [6.45, 7) is 10.6. The van der Waals surface area contributed by atoms with Crippen LogP contribution in [0.15, 0.2) is 55.0 Å². The second-order valence-corrected chi connectivity index (χ2v) is 8.67. The summed E-state index contributed by atoms with van der Waals surface area (Å²) < 4.78 is 0. The number of rotatable bonds is 8. The van der Waals surface area contributed by atoms with E-state index in [4.69, 9.17) is 0 Å². The maximum atomic E-state index is 4.38. The Hall–Kier alpha value is -2.50. The number of aromatic nitrogens is 3. The fourth-order valence-corrected chi connectivity index (χ4v) is 4.45. The van der Waals surface area contributed by atoms with Crippen molar-refractivity contribution in [2.45, 2.75) is 46.3 Å². The fourth-order valence-electron chi connectivity index (χ4n) is 4.45. The zero-order valence-electron chi connectivity index (χ0n) is 18.2. The molecule has 1 N–H and O–H groups in total. The van der Waals surface area contributed by atoms with Gasteiger partial charge >= 0.3 is 0 Å². The number of aromatic amines is 1. The molecular formula is C25H33N5. The molecule has 0 saturated carbocycles. The van der Waals surface area contributed by atoms with Gasteiger partial charge in [-0.15, -0.1) is 0 Å². The monoisotopic (exact) mass is 403 g/mol. The van der Waals surface area contributed by atoms with Crippen LogP contribution >= 0.6 is 0 Å². The highest BCUT2D eigenvalue weighted by atomic mass is 15.2. The van der Waals surface area contributed by atoms with Gasteiger partial charge in [-0.1, -0.05) is 30.3 Å². The molecule has 1 aliphatic rings. The predicted molar refractivity (Wildman–Crippen MR) is 121 cm³/mol. The van der Waals surface area contributed by atoms with Crippen LogP contribution < -0.4 is 0 Å². The van der Waals surface area contributed by atoms with Gasteiger partial charge in [-0.25, -0.2) is 4.98 Å². The molecule has 158 valence electrons. The Balaban J connectivity index is 1.34. The molecular weight excluding hydrogens is 370 g/mol. The molecule has 0 radical (unpaired) electrons. The molecule has 4 rings (SSSR count). The molecule has 5 nitrogen and oxygen atoms in total. The second-order valence-electron chi connectivity index (χ2n) is 8.67. The first-order valence-corrected chi connectivity index (χ1v) is 11.0. The average Bonchev–Trinajstić information content (AvgIpc) is 3.16. The highest BCUT2D eigenvalue weighted by molar-refractivity contribution is 5.25. The van der Waals surface area contributed by atoms with E-state index in [1.807, 2.05) is 31.6 Å². The molecule has 30 heavy (non-hydrogen) atoms. The van der Waals surface area contributed by atoms with Crippen LogP contribution in [0.25, 0.3) is 0 Å². The standard InChI is InChI=1S/C25H33N5/c1-20-6-3-4-8-24(20)18-29-12-9-22(10-13-29)16-30(17-23-7-5-11-26-14-23)19-25-15-27-21(2)28-25/h3-8,11,14-15,22H,9-10,12-13,16-19H2,1-2H3,(H,27,28). The third-order valence-corrected chi connectivity index (χ3v) is 6.16. The minimum atomic E-state index is 0.735. The number of nitrogens with one attached hydrogen (secondary N) is 1. The second kappa shape index (κ2) is 10.0. The average molecular weight is 404 g/mol.